The van der Waals surface area contributed by atoms with Crippen molar-refractivity contribution in [3.63, 3.8) is 0 Å². The third-order valence-corrected chi connectivity index (χ3v) is 5.97. The number of benzene rings is 1. The Hall–Kier alpha value is -2.16. The summed E-state index contributed by atoms with van der Waals surface area (Å²) >= 11 is -3.21. The molecule has 1 unspecified atom stereocenters. The van der Waals surface area contributed by atoms with Crippen LogP contribution in [0, 0.1) is 11.5 Å². The molecule has 1 fully saturated rings. The zero-order chi connectivity index (χ0) is 20.9. The molecule has 1 saturated heterocycles. The highest BCUT2D eigenvalue weighted by molar-refractivity contribution is 7.92. The van der Waals surface area contributed by atoms with Crippen LogP contribution in [0.1, 0.15) is 25.5 Å². The molecule has 1 N–H and O–H groups in total. The van der Waals surface area contributed by atoms with E-state index < -0.39 is 39.3 Å². The zero-order valence-electron chi connectivity index (χ0n) is 15.4. The quantitative estimate of drug-likeness (QED) is 0.585. The van der Waals surface area contributed by atoms with E-state index in [1.807, 2.05) is 0 Å². The minimum Gasteiger partial charge on any atom is -0.604 e. The van der Waals surface area contributed by atoms with Gasteiger partial charge in [0, 0.05) is 31.8 Å². The Morgan fingerprint density at radius 3 is 2.68 bits per heavy atom. The standard InChI is InChI=1S/C17H19F3N4O3S/c1-16(2)14(25)13(24-7-6-23(3)15(24)22-9-21)11-8-10(4-5-12(11)27-16)28(26)17(18,19)20/h4-5,8,13-14,25H,6-7H2,1-3H3/t13-,14+,28?/m0/s1. The summed E-state index contributed by atoms with van der Waals surface area (Å²) in [5, 5.41) is 19.9. The van der Waals surface area contributed by atoms with E-state index in [2.05, 4.69) is 4.99 Å². The SMILES string of the molecule is CN1CCN([C@H]2c3cc([S+]([O-])C(F)(F)F)ccc3OC(C)(C)[C@@H]2O)C1=NC#N. The molecule has 7 nitrogen and oxygen atoms in total. The first kappa shape index (κ1) is 20.6. The fourth-order valence-corrected chi connectivity index (χ4v) is 4.16. The van der Waals surface area contributed by atoms with Crippen LogP contribution in [0.3, 0.4) is 0 Å². The molecule has 28 heavy (non-hydrogen) atoms. The lowest BCUT2D eigenvalue weighted by atomic mass is 9.85. The molecule has 0 spiro atoms. The summed E-state index contributed by atoms with van der Waals surface area (Å²) in [5.41, 5.74) is -5.68. The van der Waals surface area contributed by atoms with Crippen LogP contribution in [-0.2, 0) is 11.2 Å². The van der Waals surface area contributed by atoms with E-state index in [0.29, 0.717) is 19.0 Å². The molecule has 2 heterocycles. The first-order valence-electron chi connectivity index (χ1n) is 8.41. The van der Waals surface area contributed by atoms with Crippen LogP contribution in [0.15, 0.2) is 28.1 Å². The summed E-state index contributed by atoms with van der Waals surface area (Å²) in [6.45, 7) is 4.25. The van der Waals surface area contributed by atoms with Crippen molar-refractivity contribution in [2.24, 2.45) is 4.99 Å². The smallest absolute Gasteiger partial charge is 0.578 e. The summed E-state index contributed by atoms with van der Waals surface area (Å²) in [6.07, 6.45) is 0.578. The molecule has 0 amide bonds. The van der Waals surface area contributed by atoms with Crippen molar-refractivity contribution in [1.29, 1.82) is 5.26 Å². The first-order chi connectivity index (χ1) is 13.0. The van der Waals surface area contributed by atoms with Gasteiger partial charge in [-0.25, -0.2) is 0 Å². The van der Waals surface area contributed by atoms with Gasteiger partial charge in [0.25, 0.3) is 0 Å². The van der Waals surface area contributed by atoms with Gasteiger partial charge in [-0.05, 0) is 26.0 Å². The third-order valence-electron chi connectivity index (χ3n) is 4.87. The lowest BCUT2D eigenvalue weighted by Crippen LogP contribution is -2.54. The second-order valence-corrected chi connectivity index (χ2v) is 8.61. The molecule has 1 aromatic rings. The molecule has 0 aliphatic carbocycles. The topological polar surface area (TPSA) is 95.2 Å². The van der Waals surface area contributed by atoms with Crippen molar-refractivity contribution in [1.82, 2.24) is 9.80 Å². The predicted octanol–water partition coefficient (Wildman–Crippen LogP) is 1.97. The Bertz CT molecular complexity index is 840. The normalized spacial score (nSPS) is 26.6. The Morgan fingerprint density at radius 2 is 2.07 bits per heavy atom. The maximum Gasteiger partial charge on any atom is 0.578 e. The summed E-state index contributed by atoms with van der Waals surface area (Å²) < 4.78 is 56.4. The second-order valence-electron chi connectivity index (χ2n) is 7.14. The molecule has 11 heteroatoms. The van der Waals surface area contributed by atoms with Gasteiger partial charge in [-0.15, -0.1) is 18.2 Å². The predicted molar refractivity (Wildman–Crippen MR) is 94.7 cm³/mol. The average Bonchev–Trinajstić information content (AvgIpc) is 2.95. The maximum absolute atomic E-state index is 12.9. The minimum absolute atomic E-state index is 0.267. The second kappa shape index (κ2) is 7.02. The number of likely N-dealkylation sites (N-methyl/N-ethyl adjacent to an activating group) is 1. The molecule has 2 aliphatic heterocycles. The van der Waals surface area contributed by atoms with Gasteiger partial charge in [0.05, 0.1) is 17.2 Å². The molecule has 0 saturated carbocycles. The number of halogens is 3. The number of nitrogens with zero attached hydrogens (tertiary/aromatic N) is 4. The van der Waals surface area contributed by atoms with Gasteiger partial charge in [0.15, 0.2) is 4.90 Å². The molecule has 0 radical (unpaired) electrons. The Labute approximate surface area is 163 Å². The Morgan fingerprint density at radius 1 is 1.39 bits per heavy atom. The maximum atomic E-state index is 12.9. The molecular formula is C17H19F3N4O3S. The van der Waals surface area contributed by atoms with Gasteiger partial charge in [-0.3, -0.25) is 0 Å². The lowest BCUT2D eigenvalue weighted by Gasteiger charge is -2.45. The lowest BCUT2D eigenvalue weighted by molar-refractivity contribution is -0.0803. The van der Waals surface area contributed by atoms with E-state index in [0.717, 1.165) is 12.1 Å². The highest BCUT2D eigenvalue weighted by Gasteiger charge is 2.50. The fourth-order valence-electron chi connectivity index (χ4n) is 3.47. The van der Waals surface area contributed by atoms with E-state index in [1.165, 1.54) is 6.07 Å². The van der Waals surface area contributed by atoms with Crippen molar-refractivity contribution in [2.45, 2.75) is 42.0 Å². The van der Waals surface area contributed by atoms with E-state index in [4.69, 9.17) is 10.00 Å². The van der Waals surface area contributed by atoms with E-state index in [-0.39, 0.29) is 11.3 Å². The number of alkyl halides is 3. The van der Waals surface area contributed by atoms with Gasteiger partial charge in [-0.2, -0.15) is 5.26 Å². The Kier molecular flexibility index (Phi) is 5.16. The number of hydrogen-bond donors (Lipinski definition) is 1. The summed E-state index contributed by atoms with van der Waals surface area (Å²) in [7, 11) is 1.73. The van der Waals surface area contributed by atoms with E-state index in [9.17, 15) is 22.8 Å². The highest BCUT2D eigenvalue weighted by Crippen LogP contribution is 2.45. The summed E-state index contributed by atoms with van der Waals surface area (Å²) in [5.74, 6) is 0.589. The number of rotatable bonds is 2. The van der Waals surface area contributed by atoms with Crippen LogP contribution < -0.4 is 4.74 Å². The largest absolute Gasteiger partial charge is 0.604 e. The number of hydrogen-bond acceptors (Lipinski definition) is 5. The van der Waals surface area contributed by atoms with Gasteiger partial charge in [0.1, 0.15) is 17.5 Å². The number of nitriles is 1. The third kappa shape index (κ3) is 3.47. The van der Waals surface area contributed by atoms with E-state index in [1.54, 1.807) is 36.9 Å². The molecule has 3 rings (SSSR count). The van der Waals surface area contributed by atoms with Crippen LogP contribution in [0.4, 0.5) is 13.2 Å². The van der Waals surface area contributed by atoms with Gasteiger partial charge in [0.2, 0.25) is 12.2 Å². The zero-order valence-corrected chi connectivity index (χ0v) is 16.2. The van der Waals surface area contributed by atoms with Crippen molar-refractivity contribution in [3.8, 4) is 11.9 Å². The number of aliphatic hydroxyl groups excluding tert-OH is 1. The van der Waals surface area contributed by atoms with Crippen molar-refractivity contribution in [3.05, 3.63) is 23.8 Å². The fraction of sp³-hybridized carbons (Fsp3) is 0.529. The molecular weight excluding hydrogens is 397 g/mol. The van der Waals surface area contributed by atoms with Crippen LogP contribution in [0.5, 0.6) is 5.75 Å². The average molecular weight is 416 g/mol. The molecule has 0 aromatic heterocycles. The van der Waals surface area contributed by atoms with Crippen molar-refractivity contribution >= 4 is 17.1 Å². The van der Waals surface area contributed by atoms with Crippen LogP contribution in [-0.4, -0.2) is 62.8 Å². The first-order valence-corrected chi connectivity index (χ1v) is 9.56. The van der Waals surface area contributed by atoms with Gasteiger partial charge < -0.3 is 24.2 Å². The van der Waals surface area contributed by atoms with Crippen LogP contribution in [0.2, 0.25) is 0 Å². The molecule has 2 aliphatic rings. The van der Waals surface area contributed by atoms with Gasteiger partial charge >= 0.3 is 5.51 Å². The number of guanidine groups is 1. The van der Waals surface area contributed by atoms with Crippen LogP contribution in [0.25, 0.3) is 0 Å². The minimum atomic E-state index is -4.90. The number of fused-ring (bicyclic) bond motifs is 1. The van der Waals surface area contributed by atoms with Crippen LogP contribution >= 0.6 is 0 Å². The van der Waals surface area contributed by atoms with Gasteiger partial charge in [-0.1, -0.05) is 0 Å². The summed E-state index contributed by atoms with van der Waals surface area (Å²) in [4.78, 5) is 6.75. The number of ether oxygens (including phenoxy) is 1. The molecule has 152 valence electrons. The summed E-state index contributed by atoms with van der Waals surface area (Å²) in [6, 6.07) is 2.76. The molecule has 0 bridgehead atoms. The van der Waals surface area contributed by atoms with Crippen molar-refractivity contribution < 1.29 is 27.6 Å². The highest BCUT2D eigenvalue weighted by atomic mass is 32.2. The van der Waals surface area contributed by atoms with Crippen molar-refractivity contribution in [2.75, 3.05) is 20.1 Å². The number of aliphatic imine (C=N–C) groups is 1. The Balaban J connectivity index is 2.13. The van der Waals surface area contributed by atoms with E-state index >= 15 is 0 Å². The molecule has 1 aromatic carbocycles. The molecule has 3 atom stereocenters. The monoisotopic (exact) mass is 416 g/mol. The number of aliphatic hydroxyl groups is 1.